The molecule has 2 N–H and O–H groups in total. The maximum Gasteiger partial charge on any atom is 0.216 e. The Balaban J connectivity index is 1.96. The molecular weight excluding hydrogens is 310 g/mol. The van der Waals surface area contributed by atoms with E-state index in [2.05, 4.69) is 15.9 Å². The minimum absolute atomic E-state index is 0.367. The lowest BCUT2D eigenvalue weighted by molar-refractivity contribution is -0.287. The van der Waals surface area contributed by atoms with E-state index in [1.54, 1.807) is 4.90 Å². The van der Waals surface area contributed by atoms with Crippen LogP contribution in [0, 0.1) is 0 Å². The van der Waals surface area contributed by atoms with Crippen LogP contribution in [0.4, 0.5) is 0 Å². The molecule has 0 saturated carbocycles. The standard InChI is InChI=1S/C14H20BrNO3/c1-13(2,3)19-12(17)16-8-14(18,9-16)10-4-6-11(15)7-5-10/h4-7,12,17-18H,8-9H2,1-3H3. The summed E-state index contributed by atoms with van der Waals surface area (Å²) in [4.78, 5) is 1.70. The summed E-state index contributed by atoms with van der Waals surface area (Å²) in [6, 6.07) is 7.58. The highest BCUT2D eigenvalue weighted by molar-refractivity contribution is 9.10. The molecule has 106 valence electrons. The molecule has 5 heteroatoms. The molecule has 0 amide bonds. The Morgan fingerprint density at radius 2 is 1.79 bits per heavy atom. The van der Waals surface area contributed by atoms with Gasteiger partial charge in [0.2, 0.25) is 6.41 Å². The Bertz CT molecular complexity index is 435. The van der Waals surface area contributed by atoms with E-state index >= 15 is 0 Å². The van der Waals surface area contributed by atoms with Crippen LogP contribution in [0.1, 0.15) is 26.3 Å². The fourth-order valence-electron chi connectivity index (χ4n) is 2.12. The fraction of sp³-hybridized carbons (Fsp3) is 0.571. The Morgan fingerprint density at radius 3 is 2.26 bits per heavy atom. The smallest absolute Gasteiger partial charge is 0.216 e. The Kier molecular flexibility index (Phi) is 4.05. The van der Waals surface area contributed by atoms with E-state index in [9.17, 15) is 10.2 Å². The summed E-state index contributed by atoms with van der Waals surface area (Å²) >= 11 is 3.37. The minimum atomic E-state index is -0.976. The lowest BCUT2D eigenvalue weighted by Gasteiger charge is -2.49. The zero-order valence-corrected chi connectivity index (χ0v) is 13.0. The first kappa shape index (κ1) is 14.9. The Labute approximate surface area is 122 Å². The number of ether oxygens (including phenoxy) is 1. The molecule has 1 aromatic carbocycles. The molecule has 0 spiro atoms. The van der Waals surface area contributed by atoms with Crippen LogP contribution in [0.15, 0.2) is 28.7 Å². The number of benzene rings is 1. The highest BCUT2D eigenvalue weighted by atomic mass is 79.9. The van der Waals surface area contributed by atoms with Crippen molar-refractivity contribution in [3.8, 4) is 0 Å². The highest BCUT2D eigenvalue weighted by Crippen LogP contribution is 2.34. The molecule has 0 bridgehead atoms. The van der Waals surface area contributed by atoms with Crippen LogP contribution in [0.3, 0.4) is 0 Å². The number of likely N-dealkylation sites (tertiary alicyclic amines) is 1. The molecule has 1 unspecified atom stereocenters. The second kappa shape index (κ2) is 5.14. The summed E-state index contributed by atoms with van der Waals surface area (Å²) in [5.41, 5.74) is -0.455. The first-order valence-electron chi connectivity index (χ1n) is 6.28. The van der Waals surface area contributed by atoms with Gasteiger partial charge in [0.05, 0.1) is 5.60 Å². The van der Waals surface area contributed by atoms with E-state index in [1.807, 2.05) is 45.0 Å². The van der Waals surface area contributed by atoms with Crippen LogP contribution in [0.25, 0.3) is 0 Å². The van der Waals surface area contributed by atoms with Gasteiger partial charge in [0.1, 0.15) is 5.60 Å². The van der Waals surface area contributed by atoms with Crippen molar-refractivity contribution >= 4 is 15.9 Å². The van der Waals surface area contributed by atoms with Gasteiger partial charge >= 0.3 is 0 Å². The van der Waals surface area contributed by atoms with Gasteiger partial charge in [-0.15, -0.1) is 0 Å². The zero-order valence-electron chi connectivity index (χ0n) is 11.4. The largest absolute Gasteiger partial charge is 0.382 e. The van der Waals surface area contributed by atoms with Crippen molar-refractivity contribution in [1.29, 1.82) is 0 Å². The molecular formula is C14H20BrNO3. The average molecular weight is 330 g/mol. The number of nitrogens with zero attached hydrogens (tertiary/aromatic N) is 1. The normalized spacial score (nSPS) is 20.9. The van der Waals surface area contributed by atoms with E-state index in [-0.39, 0.29) is 0 Å². The van der Waals surface area contributed by atoms with Gasteiger partial charge < -0.3 is 14.9 Å². The third-order valence-electron chi connectivity index (χ3n) is 3.08. The third kappa shape index (κ3) is 3.55. The number of hydrogen-bond acceptors (Lipinski definition) is 4. The molecule has 1 aliphatic rings. The maximum absolute atomic E-state index is 10.5. The van der Waals surface area contributed by atoms with E-state index in [1.165, 1.54) is 0 Å². The van der Waals surface area contributed by atoms with Crippen LogP contribution in [0.5, 0.6) is 0 Å². The maximum atomic E-state index is 10.5. The summed E-state index contributed by atoms with van der Waals surface area (Å²) in [5, 5.41) is 20.4. The van der Waals surface area contributed by atoms with Crippen LogP contribution in [-0.2, 0) is 10.3 Å². The number of hydrogen-bond donors (Lipinski definition) is 2. The Morgan fingerprint density at radius 1 is 1.26 bits per heavy atom. The molecule has 1 fully saturated rings. The topological polar surface area (TPSA) is 52.9 Å². The molecule has 1 saturated heterocycles. The number of aliphatic hydroxyl groups excluding tert-OH is 1. The molecule has 1 aliphatic heterocycles. The van der Waals surface area contributed by atoms with Gasteiger partial charge in [0.15, 0.2) is 0 Å². The average Bonchev–Trinajstić information content (AvgIpc) is 2.23. The third-order valence-corrected chi connectivity index (χ3v) is 3.61. The van der Waals surface area contributed by atoms with Crippen molar-refractivity contribution in [3.63, 3.8) is 0 Å². The quantitative estimate of drug-likeness (QED) is 0.833. The van der Waals surface area contributed by atoms with Crippen LogP contribution in [0.2, 0.25) is 0 Å². The van der Waals surface area contributed by atoms with Gasteiger partial charge in [0, 0.05) is 17.6 Å². The molecule has 1 atom stereocenters. The fourth-order valence-corrected chi connectivity index (χ4v) is 2.38. The van der Waals surface area contributed by atoms with E-state index in [0.29, 0.717) is 13.1 Å². The molecule has 1 heterocycles. The minimum Gasteiger partial charge on any atom is -0.382 e. The lowest BCUT2D eigenvalue weighted by Crippen LogP contribution is -2.63. The van der Waals surface area contributed by atoms with Crippen molar-refractivity contribution in [2.45, 2.75) is 38.4 Å². The van der Waals surface area contributed by atoms with Gasteiger partial charge in [-0.3, -0.25) is 0 Å². The highest BCUT2D eigenvalue weighted by Gasteiger charge is 2.46. The molecule has 0 radical (unpaired) electrons. The van der Waals surface area contributed by atoms with E-state index in [4.69, 9.17) is 4.74 Å². The van der Waals surface area contributed by atoms with Crippen molar-refractivity contribution in [2.75, 3.05) is 13.1 Å². The van der Waals surface area contributed by atoms with Crippen molar-refractivity contribution in [3.05, 3.63) is 34.3 Å². The van der Waals surface area contributed by atoms with Crippen molar-refractivity contribution in [1.82, 2.24) is 4.90 Å². The SMILES string of the molecule is CC(C)(C)OC(O)N1CC(O)(c2ccc(Br)cc2)C1. The van der Waals surface area contributed by atoms with E-state index < -0.39 is 17.6 Å². The van der Waals surface area contributed by atoms with Gasteiger partial charge in [-0.05, 0) is 38.5 Å². The summed E-state index contributed by atoms with van der Waals surface area (Å²) in [6.45, 7) is 6.39. The molecule has 2 rings (SSSR count). The second-order valence-corrected chi connectivity index (χ2v) is 6.92. The van der Waals surface area contributed by atoms with Crippen molar-refractivity contribution < 1.29 is 14.9 Å². The van der Waals surface area contributed by atoms with Crippen LogP contribution < -0.4 is 0 Å². The first-order chi connectivity index (χ1) is 8.70. The van der Waals surface area contributed by atoms with Crippen LogP contribution in [-0.4, -0.2) is 40.2 Å². The summed E-state index contributed by atoms with van der Waals surface area (Å²) in [6.07, 6.45) is -0.976. The Hall–Kier alpha value is -0.460. The molecule has 1 aromatic rings. The van der Waals surface area contributed by atoms with Gasteiger partial charge in [-0.2, -0.15) is 0 Å². The zero-order chi connectivity index (χ0) is 14.3. The molecule has 0 aromatic heterocycles. The van der Waals surface area contributed by atoms with Crippen molar-refractivity contribution in [2.24, 2.45) is 0 Å². The summed E-state index contributed by atoms with van der Waals surface area (Å²) in [7, 11) is 0. The van der Waals surface area contributed by atoms with E-state index in [0.717, 1.165) is 10.0 Å². The molecule has 4 nitrogen and oxygen atoms in total. The summed E-state index contributed by atoms with van der Waals surface area (Å²) in [5.74, 6) is 0. The lowest BCUT2D eigenvalue weighted by atomic mass is 9.86. The number of rotatable bonds is 3. The monoisotopic (exact) mass is 329 g/mol. The molecule has 0 aliphatic carbocycles. The summed E-state index contributed by atoms with van der Waals surface area (Å²) < 4.78 is 6.43. The predicted octanol–water partition coefficient (Wildman–Crippen LogP) is 2.04. The number of β-amino-alcohol motifs (C(OH)–C–C–N with tert-alkyl or cyclic N) is 1. The first-order valence-corrected chi connectivity index (χ1v) is 7.07. The predicted molar refractivity (Wildman–Crippen MR) is 76.5 cm³/mol. The number of aliphatic hydroxyl groups is 2. The number of halogens is 1. The second-order valence-electron chi connectivity index (χ2n) is 6.00. The van der Waals surface area contributed by atoms with Gasteiger partial charge in [-0.25, -0.2) is 4.90 Å². The van der Waals surface area contributed by atoms with Crippen LogP contribution >= 0.6 is 15.9 Å². The van der Waals surface area contributed by atoms with Gasteiger partial charge in [0.25, 0.3) is 0 Å². The molecule has 19 heavy (non-hydrogen) atoms. The van der Waals surface area contributed by atoms with Gasteiger partial charge in [-0.1, -0.05) is 28.1 Å².